The number of aryl methyl sites for hydroxylation is 1. The molecule has 8 heteroatoms. The molecule has 1 N–H and O–H groups in total. The lowest BCUT2D eigenvalue weighted by Gasteiger charge is -2.33. The molecule has 1 aliphatic heterocycles. The first-order valence-electron chi connectivity index (χ1n) is 11.4. The van der Waals surface area contributed by atoms with Crippen LogP contribution in [0.4, 0.5) is 5.69 Å². The van der Waals surface area contributed by atoms with Crippen LogP contribution in [0.15, 0.2) is 70.1 Å². The van der Waals surface area contributed by atoms with E-state index in [1.807, 2.05) is 61.2 Å². The summed E-state index contributed by atoms with van der Waals surface area (Å²) < 4.78 is 9.08. The maximum atomic E-state index is 13.6. The first-order chi connectivity index (χ1) is 16.4. The van der Waals surface area contributed by atoms with Crippen LogP contribution >= 0.6 is 11.6 Å². The van der Waals surface area contributed by atoms with Gasteiger partial charge in [-0.05, 0) is 56.2 Å². The maximum absolute atomic E-state index is 13.6. The molecular formula is C26H28ClN3O4. The number of aliphatic hydroxyl groups is 1. The van der Waals surface area contributed by atoms with Crippen LogP contribution < -0.4 is 20.9 Å². The summed E-state index contributed by atoms with van der Waals surface area (Å²) in [5.74, 6) is 1.18. The summed E-state index contributed by atoms with van der Waals surface area (Å²) in [5, 5.41) is 9.92. The molecular weight excluding hydrogens is 454 g/mol. The van der Waals surface area contributed by atoms with Gasteiger partial charge in [0.25, 0.3) is 5.56 Å². The summed E-state index contributed by atoms with van der Waals surface area (Å²) in [6.45, 7) is 4.72. The Bertz CT molecular complexity index is 1310. The van der Waals surface area contributed by atoms with Gasteiger partial charge in [0.1, 0.15) is 11.4 Å². The first-order valence-corrected chi connectivity index (χ1v) is 11.7. The average Bonchev–Trinajstić information content (AvgIpc) is 2.83. The number of aromatic nitrogens is 2. The summed E-state index contributed by atoms with van der Waals surface area (Å²) in [6.07, 6.45) is 2.62. The van der Waals surface area contributed by atoms with E-state index in [0.29, 0.717) is 54.0 Å². The highest BCUT2D eigenvalue weighted by atomic mass is 35.5. The first kappa shape index (κ1) is 23.9. The molecule has 2 aromatic carbocycles. The number of rotatable bonds is 8. The van der Waals surface area contributed by atoms with Crippen LogP contribution in [-0.4, -0.2) is 20.8 Å². The number of hydrogen-bond donors (Lipinski definition) is 1. The highest BCUT2D eigenvalue weighted by molar-refractivity contribution is 6.30. The molecule has 1 aliphatic rings. The summed E-state index contributed by atoms with van der Waals surface area (Å²) in [4.78, 5) is 28.5. The molecule has 1 aromatic heterocycles. The zero-order valence-electron chi connectivity index (χ0n) is 19.3. The molecule has 0 unspecified atom stereocenters. The topological polar surface area (TPSA) is 76.7 Å². The summed E-state index contributed by atoms with van der Waals surface area (Å²) in [5.41, 5.74) is 2.38. The van der Waals surface area contributed by atoms with Gasteiger partial charge in [-0.2, -0.15) is 0 Å². The van der Waals surface area contributed by atoms with Crippen molar-refractivity contribution < 1.29 is 9.84 Å². The molecule has 0 aliphatic carbocycles. The van der Waals surface area contributed by atoms with Crippen molar-refractivity contribution in [3.8, 4) is 5.75 Å². The van der Waals surface area contributed by atoms with Crippen LogP contribution in [0.1, 0.15) is 30.2 Å². The fourth-order valence-electron chi connectivity index (χ4n) is 4.11. The van der Waals surface area contributed by atoms with Crippen molar-refractivity contribution >= 4 is 17.3 Å². The minimum atomic E-state index is -0.384. The summed E-state index contributed by atoms with van der Waals surface area (Å²) >= 11 is 6.07. The smallest absolute Gasteiger partial charge is 0.331 e. The van der Waals surface area contributed by atoms with E-state index in [0.717, 1.165) is 11.1 Å². The third kappa shape index (κ3) is 4.81. The Labute approximate surface area is 203 Å². The van der Waals surface area contributed by atoms with Crippen molar-refractivity contribution in [1.82, 2.24) is 9.13 Å². The second-order valence-electron chi connectivity index (χ2n) is 8.23. The van der Waals surface area contributed by atoms with Crippen LogP contribution in [0.25, 0.3) is 0 Å². The summed E-state index contributed by atoms with van der Waals surface area (Å²) in [7, 11) is 0. The molecule has 0 amide bonds. The van der Waals surface area contributed by atoms with Gasteiger partial charge in [-0.3, -0.25) is 13.9 Å². The van der Waals surface area contributed by atoms with E-state index in [1.165, 1.54) is 4.57 Å². The number of halogens is 1. The number of allylic oxidation sites excluding steroid dienone is 1. The van der Waals surface area contributed by atoms with Gasteiger partial charge in [0.2, 0.25) is 0 Å². The second kappa shape index (κ2) is 10.3. The highest BCUT2D eigenvalue weighted by Crippen LogP contribution is 2.30. The molecule has 0 atom stereocenters. The quantitative estimate of drug-likeness (QED) is 0.528. The molecule has 4 rings (SSSR count). The number of ether oxygens (including phenoxy) is 1. The van der Waals surface area contributed by atoms with Crippen molar-refractivity contribution in [3.63, 3.8) is 0 Å². The van der Waals surface area contributed by atoms with E-state index in [1.54, 1.807) is 16.7 Å². The monoisotopic (exact) mass is 481 g/mol. The molecule has 0 spiro atoms. The average molecular weight is 482 g/mol. The molecule has 0 radical (unpaired) electrons. The lowest BCUT2D eigenvalue weighted by Crippen LogP contribution is -2.46. The van der Waals surface area contributed by atoms with Crippen molar-refractivity contribution in [2.45, 2.75) is 46.3 Å². The number of anilines is 1. The Morgan fingerprint density at radius 1 is 1.03 bits per heavy atom. The Morgan fingerprint density at radius 3 is 2.38 bits per heavy atom. The van der Waals surface area contributed by atoms with Gasteiger partial charge in [-0.25, -0.2) is 4.79 Å². The third-order valence-electron chi connectivity index (χ3n) is 5.87. The molecule has 0 saturated carbocycles. The van der Waals surface area contributed by atoms with Crippen molar-refractivity contribution in [2.75, 3.05) is 11.5 Å². The van der Waals surface area contributed by atoms with Crippen molar-refractivity contribution in [1.29, 1.82) is 0 Å². The Kier molecular flexibility index (Phi) is 7.24. The molecule has 3 aromatic rings. The lowest BCUT2D eigenvalue weighted by atomic mass is 10.1. The van der Waals surface area contributed by atoms with Crippen molar-refractivity contribution in [2.24, 2.45) is 0 Å². The van der Waals surface area contributed by atoms with E-state index in [9.17, 15) is 14.7 Å². The van der Waals surface area contributed by atoms with Gasteiger partial charge in [-0.15, -0.1) is 0 Å². The lowest BCUT2D eigenvalue weighted by molar-refractivity contribution is 0.277. The van der Waals surface area contributed by atoms with Gasteiger partial charge in [0.15, 0.2) is 5.88 Å². The van der Waals surface area contributed by atoms with Gasteiger partial charge < -0.3 is 14.7 Å². The molecule has 178 valence electrons. The van der Waals surface area contributed by atoms with Crippen LogP contribution in [-0.2, 0) is 26.1 Å². The van der Waals surface area contributed by atoms with Crippen LogP contribution in [0, 0.1) is 6.92 Å². The molecule has 0 fully saturated rings. The minimum Gasteiger partial charge on any atom is -0.441 e. The standard InChI is InChI=1S/C26H28ClN3O4/c1-3-28-22-13-14-23(34-21-11-5-18(2)6-12-21)30(17-19-7-9-20(27)10-8-19)24(22)25(32)29(26(28)33)15-4-16-31/h5-12,14,31H,3-4,13,15-17H2,1-2H3. The highest BCUT2D eigenvalue weighted by Gasteiger charge is 2.29. The van der Waals surface area contributed by atoms with Crippen molar-refractivity contribution in [3.05, 3.63) is 103 Å². The Balaban J connectivity index is 1.85. The summed E-state index contributed by atoms with van der Waals surface area (Å²) in [6, 6.07) is 15.1. The minimum absolute atomic E-state index is 0.106. The predicted octanol–water partition coefficient (Wildman–Crippen LogP) is 3.86. The third-order valence-corrected chi connectivity index (χ3v) is 6.12. The molecule has 7 nitrogen and oxygen atoms in total. The molecule has 2 heterocycles. The fourth-order valence-corrected chi connectivity index (χ4v) is 4.24. The molecule has 0 bridgehead atoms. The van der Waals surface area contributed by atoms with E-state index >= 15 is 0 Å². The second-order valence-corrected chi connectivity index (χ2v) is 8.67. The largest absolute Gasteiger partial charge is 0.441 e. The number of fused-ring (bicyclic) bond motifs is 1. The fraction of sp³-hybridized carbons (Fsp3) is 0.308. The van der Waals surface area contributed by atoms with E-state index in [2.05, 4.69) is 0 Å². The zero-order chi connectivity index (χ0) is 24.2. The van der Waals surface area contributed by atoms with Gasteiger partial charge in [-0.1, -0.05) is 41.4 Å². The van der Waals surface area contributed by atoms with Crippen LogP contribution in [0.2, 0.25) is 5.02 Å². The van der Waals surface area contributed by atoms with E-state index in [4.69, 9.17) is 16.3 Å². The number of nitrogens with zero attached hydrogens (tertiary/aromatic N) is 3. The normalized spacial score (nSPS) is 12.9. The van der Waals surface area contributed by atoms with Gasteiger partial charge in [0, 0.05) is 31.1 Å². The molecule has 0 saturated heterocycles. The van der Waals surface area contributed by atoms with Crippen LogP contribution in [0.5, 0.6) is 5.75 Å². The predicted molar refractivity (Wildman–Crippen MR) is 134 cm³/mol. The Morgan fingerprint density at radius 2 is 1.74 bits per heavy atom. The van der Waals surface area contributed by atoms with Crippen LogP contribution in [0.3, 0.4) is 0 Å². The van der Waals surface area contributed by atoms with Gasteiger partial charge >= 0.3 is 5.69 Å². The number of hydrogen-bond acceptors (Lipinski definition) is 5. The van der Waals surface area contributed by atoms with Gasteiger partial charge in [0.05, 0.1) is 12.2 Å². The molecule has 34 heavy (non-hydrogen) atoms. The number of aliphatic hydroxyl groups excluding tert-OH is 1. The Hall–Kier alpha value is -3.29. The van der Waals surface area contributed by atoms with E-state index in [-0.39, 0.29) is 24.4 Å². The maximum Gasteiger partial charge on any atom is 0.331 e. The SMILES string of the molecule is CCn1c2c(c(=O)n(CCCO)c1=O)N(Cc1ccc(Cl)cc1)C(Oc1ccc(C)cc1)=CC2. The van der Waals surface area contributed by atoms with E-state index < -0.39 is 0 Å². The zero-order valence-corrected chi connectivity index (χ0v) is 20.1. The number of benzene rings is 2.